The third-order valence-electron chi connectivity index (χ3n) is 4.45. The first-order valence-electron chi connectivity index (χ1n) is 10.3. The van der Waals surface area contributed by atoms with E-state index in [1.807, 2.05) is 0 Å². The van der Waals surface area contributed by atoms with Crippen LogP contribution in [0.5, 0.6) is 0 Å². The summed E-state index contributed by atoms with van der Waals surface area (Å²) in [5.41, 5.74) is -0.275. The fraction of sp³-hybridized carbons (Fsp3) is 0.636. The number of halogens is 3. The maximum absolute atomic E-state index is 12.5. The SMILES string of the molecule is CCCCCCCCCOC(=O)CCCC(=O)OCc1ccc(C(F)(F)F)cc1. The van der Waals surface area contributed by atoms with Crippen molar-refractivity contribution < 1.29 is 32.2 Å². The van der Waals surface area contributed by atoms with Crippen molar-refractivity contribution in [3.8, 4) is 0 Å². The summed E-state index contributed by atoms with van der Waals surface area (Å²) in [6.45, 7) is 2.49. The number of benzene rings is 1. The van der Waals surface area contributed by atoms with Gasteiger partial charge in [-0.25, -0.2) is 0 Å². The second-order valence-electron chi connectivity index (χ2n) is 7.05. The Morgan fingerprint density at radius 2 is 1.34 bits per heavy atom. The first-order valence-corrected chi connectivity index (χ1v) is 10.3. The van der Waals surface area contributed by atoms with Crippen LogP contribution < -0.4 is 0 Å². The second-order valence-corrected chi connectivity index (χ2v) is 7.05. The normalized spacial score (nSPS) is 11.3. The Labute approximate surface area is 170 Å². The first-order chi connectivity index (χ1) is 13.8. The molecule has 4 nitrogen and oxygen atoms in total. The molecule has 0 aliphatic heterocycles. The summed E-state index contributed by atoms with van der Waals surface area (Å²) < 4.78 is 47.6. The predicted molar refractivity (Wildman–Crippen MR) is 104 cm³/mol. The van der Waals surface area contributed by atoms with Gasteiger partial charge in [0.2, 0.25) is 0 Å². The number of esters is 2. The fourth-order valence-corrected chi connectivity index (χ4v) is 2.72. The van der Waals surface area contributed by atoms with Crippen molar-refractivity contribution in [1.29, 1.82) is 0 Å². The number of alkyl halides is 3. The Morgan fingerprint density at radius 3 is 1.93 bits per heavy atom. The Morgan fingerprint density at radius 1 is 0.793 bits per heavy atom. The molecule has 0 N–H and O–H groups in total. The Balaban J connectivity index is 2.06. The van der Waals surface area contributed by atoms with Crippen molar-refractivity contribution in [2.45, 2.75) is 83.9 Å². The quantitative estimate of drug-likeness (QED) is 0.267. The van der Waals surface area contributed by atoms with Crippen molar-refractivity contribution >= 4 is 11.9 Å². The molecular formula is C22H31F3O4. The minimum Gasteiger partial charge on any atom is -0.466 e. The van der Waals surface area contributed by atoms with E-state index in [0.717, 1.165) is 31.4 Å². The van der Waals surface area contributed by atoms with E-state index in [4.69, 9.17) is 9.47 Å². The highest BCUT2D eigenvalue weighted by molar-refractivity contribution is 5.72. The zero-order valence-corrected chi connectivity index (χ0v) is 17.1. The molecule has 0 aromatic heterocycles. The van der Waals surface area contributed by atoms with E-state index in [0.29, 0.717) is 18.6 Å². The van der Waals surface area contributed by atoms with Gasteiger partial charge in [-0.15, -0.1) is 0 Å². The standard InChI is InChI=1S/C22H31F3O4/c1-2-3-4-5-6-7-8-16-28-20(26)10-9-11-21(27)29-17-18-12-14-19(15-13-18)22(23,24)25/h12-15H,2-11,16-17H2,1H3. The fourth-order valence-electron chi connectivity index (χ4n) is 2.72. The van der Waals surface area contributed by atoms with Crippen LogP contribution in [0, 0.1) is 0 Å². The number of hydrogen-bond donors (Lipinski definition) is 0. The smallest absolute Gasteiger partial charge is 0.416 e. The minimum atomic E-state index is -4.39. The molecule has 0 fully saturated rings. The lowest BCUT2D eigenvalue weighted by molar-refractivity contribution is -0.146. The summed E-state index contributed by atoms with van der Waals surface area (Å²) in [5.74, 6) is -0.823. The van der Waals surface area contributed by atoms with Crippen LogP contribution in [0.1, 0.15) is 82.3 Å². The molecule has 0 heterocycles. The predicted octanol–water partition coefficient (Wildman–Crippen LogP) is 6.21. The van der Waals surface area contributed by atoms with Crippen molar-refractivity contribution in [3.05, 3.63) is 35.4 Å². The molecule has 1 aromatic rings. The molecule has 0 aliphatic rings. The molecule has 1 rings (SSSR count). The molecular weight excluding hydrogens is 385 g/mol. The monoisotopic (exact) mass is 416 g/mol. The number of carbonyl (C=O) groups excluding carboxylic acids is 2. The lowest BCUT2D eigenvalue weighted by Gasteiger charge is -2.08. The molecule has 0 saturated carbocycles. The van der Waals surface area contributed by atoms with Gasteiger partial charge in [0, 0.05) is 12.8 Å². The topological polar surface area (TPSA) is 52.6 Å². The van der Waals surface area contributed by atoms with Gasteiger partial charge in [0.05, 0.1) is 12.2 Å². The van der Waals surface area contributed by atoms with Crippen LogP contribution in [0.15, 0.2) is 24.3 Å². The van der Waals surface area contributed by atoms with Crippen LogP contribution in [0.2, 0.25) is 0 Å². The van der Waals surface area contributed by atoms with Crippen LogP contribution in [-0.2, 0) is 31.8 Å². The third kappa shape index (κ3) is 12.2. The van der Waals surface area contributed by atoms with Gasteiger partial charge in [0.1, 0.15) is 6.61 Å². The van der Waals surface area contributed by atoms with E-state index in [2.05, 4.69) is 6.92 Å². The van der Waals surface area contributed by atoms with Gasteiger partial charge >= 0.3 is 18.1 Å². The zero-order valence-electron chi connectivity index (χ0n) is 17.1. The van der Waals surface area contributed by atoms with E-state index in [9.17, 15) is 22.8 Å². The summed E-state index contributed by atoms with van der Waals surface area (Å²) in [7, 11) is 0. The zero-order chi connectivity index (χ0) is 21.5. The van der Waals surface area contributed by atoms with Crippen LogP contribution in [0.4, 0.5) is 13.2 Å². The molecule has 0 unspecified atom stereocenters. The minimum absolute atomic E-state index is 0.0627. The lowest BCUT2D eigenvalue weighted by atomic mass is 10.1. The summed E-state index contributed by atoms with van der Waals surface area (Å²) >= 11 is 0. The van der Waals surface area contributed by atoms with Crippen LogP contribution in [0.3, 0.4) is 0 Å². The van der Waals surface area contributed by atoms with Crippen LogP contribution >= 0.6 is 0 Å². The number of ether oxygens (including phenoxy) is 2. The highest BCUT2D eigenvalue weighted by Gasteiger charge is 2.29. The van der Waals surface area contributed by atoms with Gasteiger partial charge in [0.25, 0.3) is 0 Å². The van der Waals surface area contributed by atoms with Gasteiger partial charge in [-0.2, -0.15) is 13.2 Å². The van der Waals surface area contributed by atoms with Crippen molar-refractivity contribution in [2.75, 3.05) is 6.61 Å². The maximum Gasteiger partial charge on any atom is 0.416 e. The van der Waals surface area contributed by atoms with E-state index in [-0.39, 0.29) is 25.4 Å². The number of carbonyl (C=O) groups is 2. The van der Waals surface area contributed by atoms with Crippen LogP contribution in [0.25, 0.3) is 0 Å². The Bertz CT molecular complexity index is 597. The van der Waals surface area contributed by atoms with Crippen molar-refractivity contribution in [3.63, 3.8) is 0 Å². The summed E-state index contributed by atoms with van der Waals surface area (Å²) in [4.78, 5) is 23.3. The van der Waals surface area contributed by atoms with Gasteiger partial charge in [-0.1, -0.05) is 57.6 Å². The van der Waals surface area contributed by atoms with E-state index in [1.165, 1.54) is 37.8 Å². The largest absolute Gasteiger partial charge is 0.466 e. The van der Waals surface area contributed by atoms with Crippen molar-refractivity contribution in [2.24, 2.45) is 0 Å². The molecule has 0 atom stereocenters. The molecule has 164 valence electrons. The highest BCUT2D eigenvalue weighted by Crippen LogP contribution is 2.29. The summed E-state index contributed by atoms with van der Waals surface area (Å²) in [6.07, 6.45) is 4.16. The molecule has 0 aliphatic carbocycles. The summed E-state index contributed by atoms with van der Waals surface area (Å²) in [6, 6.07) is 4.45. The summed E-state index contributed by atoms with van der Waals surface area (Å²) in [5, 5.41) is 0. The Hall–Kier alpha value is -2.05. The third-order valence-corrected chi connectivity index (χ3v) is 4.45. The van der Waals surface area contributed by atoms with Gasteiger partial charge in [0.15, 0.2) is 0 Å². The molecule has 29 heavy (non-hydrogen) atoms. The molecule has 0 spiro atoms. The molecule has 0 bridgehead atoms. The van der Waals surface area contributed by atoms with Gasteiger partial charge in [-0.05, 0) is 30.5 Å². The Kier molecular flexibility index (Phi) is 12.1. The second kappa shape index (κ2) is 14.0. The molecule has 0 radical (unpaired) electrons. The average molecular weight is 416 g/mol. The number of rotatable bonds is 14. The van der Waals surface area contributed by atoms with Crippen molar-refractivity contribution in [1.82, 2.24) is 0 Å². The average Bonchev–Trinajstić information content (AvgIpc) is 2.68. The lowest BCUT2D eigenvalue weighted by Crippen LogP contribution is -2.09. The van der Waals surface area contributed by atoms with E-state index in [1.54, 1.807) is 0 Å². The van der Waals surface area contributed by atoms with E-state index >= 15 is 0 Å². The van der Waals surface area contributed by atoms with Crippen LogP contribution in [-0.4, -0.2) is 18.5 Å². The number of hydrogen-bond acceptors (Lipinski definition) is 4. The van der Waals surface area contributed by atoms with Gasteiger partial charge in [-0.3, -0.25) is 9.59 Å². The number of unbranched alkanes of at least 4 members (excludes halogenated alkanes) is 6. The first kappa shape index (κ1) is 25.0. The molecule has 0 saturated heterocycles. The molecule has 0 amide bonds. The highest BCUT2D eigenvalue weighted by atomic mass is 19.4. The maximum atomic E-state index is 12.5. The molecule has 1 aromatic carbocycles. The van der Waals surface area contributed by atoms with E-state index < -0.39 is 17.7 Å². The molecule has 7 heteroatoms. The van der Waals surface area contributed by atoms with Gasteiger partial charge < -0.3 is 9.47 Å².